The van der Waals surface area contributed by atoms with Crippen LogP contribution in [-0.2, 0) is 28.8 Å². The Bertz CT molecular complexity index is 816. The highest BCUT2D eigenvalue weighted by atomic mass is 16.4. The molecule has 7 atom stereocenters. The van der Waals surface area contributed by atoms with E-state index in [4.69, 9.17) is 5.73 Å². The summed E-state index contributed by atoms with van der Waals surface area (Å²) in [6.45, 7) is 10.4. The molecule has 0 bridgehead atoms. The fourth-order valence-corrected chi connectivity index (χ4v) is 2.86. The van der Waals surface area contributed by atoms with Crippen LogP contribution >= 0.6 is 0 Å². The molecule has 0 aliphatic rings. The van der Waals surface area contributed by atoms with Crippen molar-refractivity contribution in [2.24, 2.45) is 11.7 Å². The number of carboxylic acids is 1. The maximum absolute atomic E-state index is 12.6. The van der Waals surface area contributed by atoms with Gasteiger partial charge in [0.15, 0.2) is 0 Å². The van der Waals surface area contributed by atoms with Crippen LogP contribution in [0.3, 0.4) is 0 Å². The van der Waals surface area contributed by atoms with Crippen LogP contribution < -0.4 is 32.3 Å². The van der Waals surface area contributed by atoms with Gasteiger partial charge >= 0.3 is 5.97 Å². The molecule has 14 nitrogen and oxygen atoms in total. The molecule has 0 heterocycles. The van der Waals surface area contributed by atoms with Gasteiger partial charge in [0.05, 0.1) is 12.1 Å². The molecule has 9 N–H and O–H groups in total. The Morgan fingerprint density at radius 1 is 0.639 bits per heavy atom. The van der Waals surface area contributed by atoms with E-state index in [0.29, 0.717) is 0 Å². The standard InChI is InChI=1S/C22H40N6O8/c1-9(2)8-15(22(35)36)27-21(34)16(14(7)29)28-20(33)13(6)26-19(32)12(5)25-18(31)11(4)24-17(30)10(3)23/h9-16,29H,8,23H2,1-7H3,(H,24,30)(H,25,31)(H,26,32)(H,27,34)(H,28,33)(H,35,36)/t10-,11-,12-,13-,14+,15-,16-/m0/s1. The second kappa shape index (κ2) is 15.0. The monoisotopic (exact) mass is 516 g/mol. The van der Waals surface area contributed by atoms with Crippen molar-refractivity contribution in [1.29, 1.82) is 0 Å². The summed E-state index contributed by atoms with van der Waals surface area (Å²) in [5.74, 6) is -4.93. The van der Waals surface area contributed by atoms with Crippen LogP contribution in [0.15, 0.2) is 0 Å². The number of aliphatic carboxylic acids is 1. The summed E-state index contributed by atoms with van der Waals surface area (Å²) in [6.07, 6.45) is -1.22. The minimum absolute atomic E-state index is 0.0350. The number of hydrogen-bond donors (Lipinski definition) is 8. The number of carbonyl (C=O) groups excluding carboxylic acids is 5. The van der Waals surface area contributed by atoms with E-state index < -0.39 is 77.9 Å². The number of nitrogens with one attached hydrogen (secondary N) is 5. The van der Waals surface area contributed by atoms with Gasteiger partial charge in [-0.25, -0.2) is 4.79 Å². The number of carboxylic acid groups (broad SMARTS) is 1. The highest BCUT2D eigenvalue weighted by Gasteiger charge is 2.32. The SMILES string of the molecule is CC(C)C[C@H](NC(=O)[C@@H](NC(=O)[C@H](C)NC(=O)[C@H](C)NC(=O)[C@H](C)NC(=O)[C@H](C)N)[C@@H](C)O)C(=O)O. The second-order valence-corrected chi connectivity index (χ2v) is 9.24. The average molecular weight is 517 g/mol. The first-order valence-electron chi connectivity index (χ1n) is 11.7. The molecule has 5 amide bonds. The molecular formula is C22H40N6O8. The molecule has 0 aliphatic carbocycles. The van der Waals surface area contributed by atoms with Gasteiger partial charge in [0.25, 0.3) is 0 Å². The van der Waals surface area contributed by atoms with Gasteiger partial charge < -0.3 is 42.5 Å². The topological polar surface area (TPSA) is 229 Å². The Labute approximate surface area is 210 Å². The van der Waals surface area contributed by atoms with Gasteiger partial charge in [-0.05, 0) is 47.0 Å². The van der Waals surface area contributed by atoms with Crippen LogP contribution in [0, 0.1) is 5.92 Å². The lowest BCUT2D eigenvalue weighted by atomic mass is 10.0. The first-order chi connectivity index (χ1) is 16.5. The third-order valence-electron chi connectivity index (χ3n) is 5.05. The van der Waals surface area contributed by atoms with E-state index >= 15 is 0 Å². The molecule has 0 saturated carbocycles. The molecular weight excluding hydrogens is 476 g/mol. The molecule has 0 spiro atoms. The normalized spacial score (nSPS) is 16.8. The molecule has 0 radical (unpaired) electrons. The van der Waals surface area contributed by atoms with E-state index in [0.717, 1.165) is 0 Å². The highest BCUT2D eigenvalue weighted by Crippen LogP contribution is 2.06. The van der Waals surface area contributed by atoms with Crippen LogP contribution in [0.25, 0.3) is 0 Å². The molecule has 0 rings (SSSR count). The molecule has 0 aliphatic heterocycles. The lowest BCUT2D eigenvalue weighted by Crippen LogP contribution is -2.59. The predicted octanol–water partition coefficient (Wildman–Crippen LogP) is -2.67. The molecule has 0 unspecified atom stereocenters. The molecule has 206 valence electrons. The minimum Gasteiger partial charge on any atom is -0.480 e. The molecule has 0 aromatic rings. The van der Waals surface area contributed by atoms with E-state index in [9.17, 15) is 39.0 Å². The number of amides is 5. The Kier molecular flexibility index (Phi) is 13.6. The van der Waals surface area contributed by atoms with E-state index in [1.54, 1.807) is 13.8 Å². The Hall–Kier alpha value is -3.26. The Balaban J connectivity index is 5.03. The van der Waals surface area contributed by atoms with Gasteiger partial charge in [-0.15, -0.1) is 0 Å². The number of hydrogen-bond acceptors (Lipinski definition) is 8. The molecule has 36 heavy (non-hydrogen) atoms. The maximum atomic E-state index is 12.6. The average Bonchev–Trinajstić information content (AvgIpc) is 2.75. The zero-order valence-electron chi connectivity index (χ0n) is 21.7. The fraction of sp³-hybridized carbons (Fsp3) is 0.727. The largest absolute Gasteiger partial charge is 0.480 e. The minimum atomic E-state index is -1.47. The summed E-state index contributed by atoms with van der Waals surface area (Å²) in [6, 6.07) is -6.72. The van der Waals surface area contributed by atoms with Crippen molar-refractivity contribution in [3.05, 3.63) is 0 Å². The Morgan fingerprint density at radius 2 is 1.03 bits per heavy atom. The highest BCUT2D eigenvalue weighted by molar-refractivity contribution is 5.96. The van der Waals surface area contributed by atoms with Crippen LogP contribution in [0.2, 0.25) is 0 Å². The smallest absolute Gasteiger partial charge is 0.326 e. The molecule has 0 fully saturated rings. The van der Waals surface area contributed by atoms with Gasteiger partial charge in [-0.3, -0.25) is 24.0 Å². The van der Waals surface area contributed by atoms with Crippen LogP contribution in [-0.4, -0.2) is 88.1 Å². The summed E-state index contributed by atoms with van der Waals surface area (Å²) in [5.41, 5.74) is 5.43. The molecule has 0 saturated heterocycles. The van der Waals surface area contributed by atoms with Crippen LogP contribution in [0.4, 0.5) is 0 Å². The van der Waals surface area contributed by atoms with E-state index in [1.165, 1.54) is 34.6 Å². The van der Waals surface area contributed by atoms with Crippen molar-refractivity contribution < 1.29 is 39.0 Å². The van der Waals surface area contributed by atoms with Gasteiger partial charge in [0, 0.05) is 0 Å². The molecule has 0 aromatic carbocycles. The van der Waals surface area contributed by atoms with Crippen LogP contribution in [0.5, 0.6) is 0 Å². The zero-order valence-corrected chi connectivity index (χ0v) is 21.7. The zero-order chi connectivity index (χ0) is 28.3. The van der Waals surface area contributed by atoms with Crippen molar-refractivity contribution in [3.63, 3.8) is 0 Å². The lowest BCUT2D eigenvalue weighted by Gasteiger charge is -2.26. The van der Waals surface area contributed by atoms with Gasteiger partial charge in [0.1, 0.15) is 30.2 Å². The van der Waals surface area contributed by atoms with E-state index in [-0.39, 0.29) is 12.3 Å². The number of aliphatic hydroxyl groups is 1. The summed E-state index contributed by atoms with van der Waals surface area (Å²) in [7, 11) is 0. The molecule has 14 heteroatoms. The first-order valence-corrected chi connectivity index (χ1v) is 11.7. The lowest BCUT2D eigenvalue weighted by molar-refractivity contribution is -0.143. The van der Waals surface area contributed by atoms with Crippen molar-refractivity contribution in [3.8, 4) is 0 Å². The van der Waals surface area contributed by atoms with Crippen molar-refractivity contribution in [2.45, 2.75) is 97.2 Å². The van der Waals surface area contributed by atoms with Crippen molar-refractivity contribution in [2.75, 3.05) is 0 Å². The number of carbonyl (C=O) groups is 6. The molecule has 0 aromatic heterocycles. The third kappa shape index (κ3) is 11.4. The second-order valence-electron chi connectivity index (χ2n) is 9.24. The summed E-state index contributed by atoms with van der Waals surface area (Å²) >= 11 is 0. The van der Waals surface area contributed by atoms with Crippen molar-refractivity contribution >= 4 is 35.5 Å². The number of nitrogens with two attached hydrogens (primary N) is 1. The predicted molar refractivity (Wildman–Crippen MR) is 129 cm³/mol. The van der Waals surface area contributed by atoms with Crippen molar-refractivity contribution in [1.82, 2.24) is 26.6 Å². The number of rotatable bonds is 14. The summed E-state index contributed by atoms with van der Waals surface area (Å²) < 4.78 is 0. The third-order valence-corrected chi connectivity index (χ3v) is 5.05. The van der Waals surface area contributed by atoms with Gasteiger partial charge in [-0.1, -0.05) is 13.8 Å². The first kappa shape index (κ1) is 32.7. The summed E-state index contributed by atoms with van der Waals surface area (Å²) in [5, 5.41) is 31.0. The van der Waals surface area contributed by atoms with Gasteiger partial charge in [0.2, 0.25) is 29.5 Å². The van der Waals surface area contributed by atoms with E-state index in [1.807, 2.05) is 0 Å². The maximum Gasteiger partial charge on any atom is 0.326 e. The number of aliphatic hydroxyl groups excluding tert-OH is 1. The summed E-state index contributed by atoms with van der Waals surface area (Å²) in [4.78, 5) is 72.7. The fourth-order valence-electron chi connectivity index (χ4n) is 2.86. The van der Waals surface area contributed by atoms with E-state index in [2.05, 4.69) is 26.6 Å². The van der Waals surface area contributed by atoms with Crippen LogP contribution in [0.1, 0.15) is 54.9 Å². The van der Waals surface area contributed by atoms with Gasteiger partial charge in [-0.2, -0.15) is 0 Å². The Morgan fingerprint density at radius 3 is 1.36 bits per heavy atom. The quantitative estimate of drug-likeness (QED) is 0.120.